The van der Waals surface area contributed by atoms with Crippen molar-refractivity contribution < 1.29 is 14.7 Å². The Balaban J connectivity index is 2.99. The van der Waals surface area contributed by atoms with Crippen molar-refractivity contribution in [2.24, 2.45) is 10.4 Å². The fourth-order valence-electron chi connectivity index (χ4n) is 1.27. The van der Waals surface area contributed by atoms with E-state index in [1.54, 1.807) is 25.1 Å². The lowest BCUT2D eigenvalue weighted by Gasteiger charge is -2.09. The van der Waals surface area contributed by atoms with Gasteiger partial charge in [0.25, 0.3) is 0 Å². The van der Waals surface area contributed by atoms with Crippen LogP contribution in [0.2, 0.25) is 0 Å². The molecule has 0 heterocycles. The van der Waals surface area contributed by atoms with Crippen molar-refractivity contribution in [1.29, 1.82) is 0 Å². The number of hydroxylamine groups is 1. The molecule has 92 valence electrons. The molecule has 0 fully saturated rings. The first-order valence-electron chi connectivity index (χ1n) is 4.83. The molecule has 0 bridgehead atoms. The van der Waals surface area contributed by atoms with Crippen LogP contribution in [-0.2, 0) is 4.74 Å². The van der Waals surface area contributed by atoms with Gasteiger partial charge in [0.05, 0.1) is 25.4 Å². The van der Waals surface area contributed by atoms with Crippen molar-refractivity contribution in [3.05, 3.63) is 29.3 Å². The van der Waals surface area contributed by atoms with Crippen LogP contribution in [0.4, 0.5) is 5.69 Å². The standard InChI is InChI=1S/C10H14N4O3/c1-7-5-4-6-8(9(7)10(15)17-3)11-12-13-14(2)16/h4-6,16H,1-3H3,(H,11,13). The van der Waals surface area contributed by atoms with E-state index in [1.165, 1.54) is 14.2 Å². The molecule has 0 spiro atoms. The highest BCUT2D eigenvalue weighted by atomic mass is 16.5. The van der Waals surface area contributed by atoms with Crippen LogP contribution >= 0.6 is 0 Å². The summed E-state index contributed by atoms with van der Waals surface area (Å²) in [6.07, 6.45) is 0. The number of hydrogen-bond donors (Lipinski definition) is 2. The number of methoxy groups -OCH3 is 1. The van der Waals surface area contributed by atoms with Crippen LogP contribution in [0.3, 0.4) is 0 Å². The second-order valence-electron chi connectivity index (χ2n) is 3.28. The summed E-state index contributed by atoms with van der Waals surface area (Å²) in [7, 11) is 2.62. The number of carbonyl (C=O) groups excluding carboxylic acids is 1. The monoisotopic (exact) mass is 238 g/mol. The molecular formula is C10H14N4O3. The summed E-state index contributed by atoms with van der Waals surface area (Å²) in [5.74, 6) is -0.460. The highest BCUT2D eigenvalue weighted by Crippen LogP contribution is 2.20. The van der Waals surface area contributed by atoms with Gasteiger partial charge in [0.2, 0.25) is 0 Å². The number of nitrogens with zero attached hydrogens (tertiary/aromatic N) is 3. The predicted molar refractivity (Wildman–Crippen MR) is 60.5 cm³/mol. The van der Waals surface area contributed by atoms with Gasteiger partial charge in [0.15, 0.2) is 0 Å². The fraction of sp³-hybridized carbons (Fsp3) is 0.300. The first-order valence-corrected chi connectivity index (χ1v) is 4.83. The minimum Gasteiger partial charge on any atom is -0.465 e. The molecule has 0 aromatic heterocycles. The topological polar surface area (TPSA) is 86.5 Å². The number of benzene rings is 1. The number of ether oxygens (including phenoxy) is 1. The zero-order valence-corrected chi connectivity index (χ0v) is 9.84. The molecule has 17 heavy (non-hydrogen) atoms. The molecule has 0 aliphatic heterocycles. The van der Waals surface area contributed by atoms with E-state index < -0.39 is 5.97 Å². The first kappa shape index (κ1) is 12.9. The summed E-state index contributed by atoms with van der Waals surface area (Å²) in [5, 5.41) is 16.1. The Kier molecular flexibility index (Phi) is 4.41. The molecule has 0 aliphatic carbocycles. The average molecular weight is 238 g/mol. The summed E-state index contributed by atoms with van der Waals surface area (Å²) in [6, 6.07) is 5.21. The van der Waals surface area contributed by atoms with Crippen LogP contribution < -0.4 is 5.43 Å². The number of rotatable bonds is 4. The number of hydrogen-bond acceptors (Lipinski definition) is 5. The quantitative estimate of drug-likeness (QED) is 0.474. The number of esters is 1. The normalized spacial score (nSPS) is 10.4. The second kappa shape index (κ2) is 5.80. The van der Waals surface area contributed by atoms with Gasteiger partial charge in [0.1, 0.15) is 0 Å². The van der Waals surface area contributed by atoms with E-state index in [0.29, 0.717) is 16.4 Å². The van der Waals surface area contributed by atoms with Gasteiger partial charge in [-0.25, -0.2) is 4.79 Å². The maximum absolute atomic E-state index is 11.6. The SMILES string of the molecule is COC(=O)c1c(C)cccc1N/N=N\N(C)O. The highest BCUT2D eigenvalue weighted by molar-refractivity contribution is 5.97. The van der Waals surface area contributed by atoms with Crippen LogP contribution in [0.25, 0.3) is 0 Å². The third-order valence-electron chi connectivity index (χ3n) is 2.01. The van der Waals surface area contributed by atoms with Gasteiger partial charge in [-0.05, 0) is 29.0 Å². The smallest absolute Gasteiger partial charge is 0.340 e. The van der Waals surface area contributed by atoms with E-state index in [9.17, 15) is 4.79 Å². The molecule has 1 aromatic carbocycles. The van der Waals surface area contributed by atoms with Gasteiger partial charge >= 0.3 is 5.97 Å². The summed E-state index contributed by atoms with van der Waals surface area (Å²) in [6.45, 7) is 1.78. The van der Waals surface area contributed by atoms with Gasteiger partial charge < -0.3 is 4.74 Å². The second-order valence-corrected chi connectivity index (χ2v) is 3.28. The van der Waals surface area contributed by atoms with Gasteiger partial charge in [-0.3, -0.25) is 10.6 Å². The lowest BCUT2D eigenvalue weighted by atomic mass is 10.1. The molecule has 0 saturated heterocycles. The Bertz CT molecular complexity index is 432. The summed E-state index contributed by atoms with van der Waals surface area (Å²) in [4.78, 5) is 11.6. The largest absolute Gasteiger partial charge is 0.465 e. The van der Waals surface area contributed by atoms with E-state index in [1.807, 2.05) is 0 Å². The fourth-order valence-corrected chi connectivity index (χ4v) is 1.27. The lowest BCUT2D eigenvalue weighted by Crippen LogP contribution is -2.08. The number of aryl methyl sites for hydroxylation is 1. The molecule has 0 radical (unpaired) electrons. The van der Waals surface area contributed by atoms with Crippen molar-refractivity contribution in [2.45, 2.75) is 6.92 Å². The Morgan fingerprint density at radius 2 is 2.24 bits per heavy atom. The van der Waals surface area contributed by atoms with Gasteiger partial charge in [-0.2, -0.15) is 5.17 Å². The van der Waals surface area contributed by atoms with Crippen molar-refractivity contribution in [1.82, 2.24) is 5.17 Å². The Labute approximate surface area is 98.6 Å². The van der Waals surface area contributed by atoms with Crippen LogP contribution in [0.1, 0.15) is 15.9 Å². The molecule has 0 aliphatic rings. The lowest BCUT2D eigenvalue weighted by molar-refractivity contribution is -0.0714. The maximum atomic E-state index is 11.6. The molecule has 7 nitrogen and oxygen atoms in total. The zero-order chi connectivity index (χ0) is 12.8. The summed E-state index contributed by atoms with van der Waals surface area (Å²) in [5.41, 5.74) is 4.16. The molecule has 1 rings (SSSR count). The molecule has 0 atom stereocenters. The Morgan fingerprint density at radius 1 is 1.53 bits per heavy atom. The van der Waals surface area contributed by atoms with Crippen molar-refractivity contribution in [3.63, 3.8) is 0 Å². The van der Waals surface area contributed by atoms with E-state index >= 15 is 0 Å². The van der Waals surface area contributed by atoms with E-state index in [2.05, 4.69) is 20.6 Å². The van der Waals surface area contributed by atoms with Crippen LogP contribution in [0, 0.1) is 6.92 Å². The molecule has 0 unspecified atom stereocenters. The van der Waals surface area contributed by atoms with Crippen LogP contribution in [0.15, 0.2) is 28.6 Å². The van der Waals surface area contributed by atoms with Crippen LogP contribution in [0.5, 0.6) is 0 Å². The average Bonchev–Trinajstić information content (AvgIpc) is 2.28. The minimum absolute atomic E-state index is 0.384. The molecule has 0 amide bonds. The highest BCUT2D eigenvalue weighted by Gasteiger charge is 2.14. The molecule has 2 N–H and O–H groups in total. The first-order chi connectivity index (χ1) is 8.06. The zero-order valence-electron chi connectivity index (χ0n) is 9.84. The van der Waals surface area contributed by atoms with Crippen molar-refractivity contribution in [2.75, 3.05) is 19.6 Å². The molecule has 7 heteroatoms. The Morgan fingerprint density at radius 3 is 2.82 bits per heavy atom. The van der Waals surface area contributed by atoms with Crippen molar-refractivity contribution >= 4 is 11.7 Å². The van der Waals surface area contributed by atoms with Crippen LogP contribution in [-0.4, -0.2) is 30.5 Å². The number of nitrogens with one attached hydrogen (secondary N) is 1. The van der Waals surface area contributed by atoms with Gasteiger partial charge in [0, 0.05) is 0 Å². The van der Waals surface area contributed by atoms with Crippen molar-refractivity contribution in [3.8, 4) is 0 Å². The van der Waals surface area contributed by atoms with Gasteiger partial charge in [-0.1, -0.05) is 12.1 Å². The van der Waals surface area contributed by atoms with E-state index in [0.717, 1.165) is 5.56 Å². The predicted octanol–water partition coefficient (Wildman–Crippen LogP) is 1.80. The minimum atomic E-state index is -0.460. The van der Waals surface area contributed by atoms with E-state index in [4.69, 9.17) is 5.21 Å². The number of carbonyl (C=O) groups is 1. The molecule has 0 saturated carbocycles. The third kappa shape index (κ3) is 3.42. The third-order valence-corrected chi connectivity index (χ3v) is 2.01. The van der Waals surface area contributed by atoms with Gasteiger partial charge in [-0.15, -0.1) is 0 Å². The molecular weight excluding hydrogens is 224 g/mol. The number of anilines is 1. The summed E-state index contributed by atoms with van der Waals surface area (Å²) < 4.78 is 4.67. The van der Waals surface area contributed by atoms with E-state index in [-0.39, 0.29) is 0 Å². The maximum Gasteiger partial charge on any atom is 0.340 e. The Hall–Kier alpha value is -2.15. The molecule has 1 aromatic rings. The summed E-state index contributed by atoms with van der Waals surface area (Å²) >= 11 is 0.